The van der Waals surface area contributed by atoms with Crippen molar-refractivity contribution in [2.75, 3.05) is 0 Å². The fraction of sp³-hybridized carbons (Fsp3) is 0.556. The van der Waals surface area contributed by atoms with Crippen molar-refractivity contribution in [1.82, 2.24) is 4.90 Å². The fourth-order valence-corrected chi connectivity index (χ4v) is 2.86. The third-order valence-corrected chi connectivity index (χ3v) is 3.73. The van der Waals surface area contributed by atoms with Gasteiger partial charge in [0.15, 0.2) is 6.29 Å². The maximum Gasteiger partial charge on any atom is 0.412 e. The molecule has 0 unspecified atom stereocenters. The minimum absolute atomic E-state index is 0.389. The molecule has 1 fully saturated rings. The minimum Gasteiger partial charge on any atom is -0.444 e. The fourth-order valence-electron chi connectivity index (χ4n) is 2.86. The quantitative estimate of drug-likeness (QED) is 0.803. The highest BCUT2D eigenvalue weighted by molar-refractivity contribution is 5.72. The van der Waals surface area contributed by atoms with E-state index in [1.807, 2.05) is 51.1 Å². The molecule has 1 aromatic rings. The molecule has 0 aromatic heterocycles. The van der Waals surface area contributed by atoms with E-state index in [0.717, 1.165) is 11.8 Å². The van der Waals surface area contributed by atoms with Crippen LogP contribution in [0.15, 0.2) is 30.3 Å². The Morgan fingerprint density at radius 2 is 1.91 bits per heavy atom. The second-order valence-corrected chi connectivity index (χ2v) is 7.27. The van der Waals surface area contributed by atoms with Gasteiger partial charge in [-0.15, -0.1) is 0 Å². The van der Waals surface area contributed by atoms with Gasteiger partial charge in [-0.2, -0.15) is 0 Å². The molecule has 23 heavy (non-hydrogen) atoms. The van der Waals surface area contributed by atoms with Gasteiger partial charge in [0.05, 0.1) is 6.04 Å². The Bertz CT molecular complexity index is 562. The monoisotopic (exact) mass is 319 g/mol. The number of hydrogen-bond donors (Lipinski definition) is 0. The third kappa shape index (κ3) is 4.10. The average molecular weight is 319 g/mol. The highest BCUT2D eigenvalue weighted by Gasteiger charge is 2.51. The standard InChI is InChI=1S/C18H25NO4/c1-17(2,3)23-16(21)19-14(11-13-9-7-6-8-10-13)15(12-20)22-18(19,4)5/h6-10,12,14-15H,11H2,1-5H3/t14-,15+/m0/s1. The molecular formula is C18H25NO4. The van der Waals surface area contributed by atoms with Crippen molar-refractivity contribution in [3.8, 4) is 0 Å². The Kier molecular flexibility index (Phi) is 4.80. The predicted molar refractivity (Wildman–Crippen MR) is 87.0 cm³/mol. The normalized spacial score (nSPS) is 23.6. The zero-order valence-corrected chi connectivity index (χ0v) is 14.4. The van der Waals surface area contributed by atoms with Gasteiger partial charge in [0.1, 0.15) is 17.4 Å². The van der Waals surface area contributed by atoms with Gasteiger partial charge in [-0.05, 0) is 46.6 Å². The number of aldehydes is 1. The summed E-state index contributed by atoms with van der Waals surface area (Å²) in [5.41, 5.74) is -0.462. The number of amides is 1. The van der Waals surface area contributed by atoms with Crippen LogP contribution in [0.4, 0.5) is 4.79 Å². The van der Waals surface area contributed by atoms with Crippen molar-refractivity contribution >= 4 is 12.4 Å². The van der Waals surface area contributed by atoms with Crippen LogP contribution in [0.25, 0.3) is 0 Å². The lowest BCUT2D eigenvalue weighted by atomic mass is 10.0. The van der Waals surface area contributed by atoms with Crippen LogP contribution in [-0.4, -0.2) is 40.8 Å². The van der Waals surface area contributed by atoms with Crippen LogP contribution in [0.1, 0.15) is 40.2 Å². The van der Waals surface area contributed by atoms with E-state index in [9.17, 15) is 9.59 Å². The SMILES string of the molecule is CC(C)(C)OC(=O)N1[C@@H](Cc2ccccc2)[C@@H](C=O)OC1(C)C. The largest absolute Gasteiger partial charge is 0.444 e. The van der Waals surface area contributed by atoms with E-state index in [-0.39, 0.29) is 6.04 Å². The van der Waals surface area contributed by atoms with Gasteiger partial charge in [0.25, 0.3) is 0 Å². The van der Waals surface area contributed by atoms with E-state index >= 15 is 0 Å². The zero-order valence-electron chi connectivity index (χ0n) is 14.4. The van der Waals surface area contributed by atoms with Gasteiger partial charge in [-0.1, -0.05) is 30.3 Å². The summed E-state index contributed by atoms with van der Waals surface area (Å²) < 4.78 is 11.3. The molecule has 1 heterocycles. The molecule has 2 atom stereocenters. The van der Waals surface area contributed by atoms with Crippen LogP contribution < -0.4 is 0 Å². The van der Waals surface area contributed by atoms with Crippen molar-refractivity contribution < 1.29 is 19.1 Å². The van der Waals surface area contributed by atoms with E-state index in [1.165, 1.54) is 0 Å². The number of ether oxygens (including phenoxy) is 2. The Hall–Kier alpha value is -1.88. The summed E-state index contributed by atoms with van der Waals surface area (Å²) in [6, 6.07) is 9.36. The topological polar surface area (TPSA) is 55.8 Å². The molecule has 1 aliphatic heterocycles. The van der Waals surface area contributed by atoms with Crippen LogP contribution in [0.2, 0.25) is 0 Å². The number of rotatable bonds is 3. The van der Waals surface area contributed by atoms with Crippen molar-refractivity contribution in [3.05, 3.63) is 35.9 Å². The first-order valence-corrected chi connectivity index (χ1v) is 7.83. The van der Waals surface area contributed by atoms with Gasteiger partial charge in [-0.3, -0.25) is 4.90 Å². The maximum absolute atomic E-state index is 12.6. The molecule has 0 aliphatic carbocycles. The van der Waals surface area contributed by atoms with Gasteiger partial charge < -0.3 is 14.3 Å². The molecule has 2 rings (SSSR count). The van der Waals surface area contributed by atoms with E-state index in [0.29, 0.717) is 6.42 Å². The molecule has 0 saturated carbocycles. The van der Waals surface area contributed by atoms with Gasteiger partial charge in [0.2, 0.25) is 0 Å². The number of nitrogens with zero attached hydrogens (tertiary/aromatic N) is 1. The first-order chi connectivity index (χ1) is 10.6. The van der Waals surface area contributed by atoms with Crippen LogP contribution in [0, 0.1) is 0 Å². The number of carbonyl (C=O) groups excluding carboxylic acids is 2. The van der Waals surface area contributed by atoms with Crippen LogP contribution in [0.5, 0.6) is 0 Å². The van der Waals surface area contributed by atoms with Crippen LogP contribution in [0.3, 0.4) is 0 Å². The molecule has 126 valence electrons. The van der Waals surface area contributed by atoms with Crippen molar-refractivity contribution in [2.24, 2.45) is 0 Å². The first kappa shape index (κ1) is 17.5. The molecule has 1 amide bonds. The molecule has 0 spiro atoms. The molecule has 1 aliphatic rings. The highest BCUT2D eigenvalue weighted by atomic mass is 16.6. The lowest BCUT2D eigenvalue weighted by Crippen LogP contribution is -2.51. The second kappa shape index (κ2) is 6.32. The molecule has 0 N–H and O–H groups in total. The van der Waals surface area contributed by atoms with Crippen LogP contribution >= 0.6 is 0 Å². The van der Waals surface area contributed by atoms with E-state index in [4.69, 9.17) is 9.47 Å². The summed E-state index contributed by atoms with van der Waals surface area (Å²) in [6.45, 7) is 9.01. The van der Waals surface area contributed by atoms with Crippen LogP contribution in [-0.2, 0) is 20.7 Å². The summed E-state index contributed by atoms with van der Waals surface area (Å²) >= 11 is 0. The van der Waals surface area contributed by atoms with Gasteiger partial charge in [-0.25, -0.2) is 4.79 Å². The highest BCUT2D eigenvalue weighted by Crippen LogP contribution is 2.34. The second-order valence-electron chi connectivity index (χ2n) is 7.27. The Morgan fingerprint density at radius 3 is 2.43 bits per heavy atom. The van der Waals surface area contributed by atoms with Gasteiger partial charge >= 0.3 is 6.09 Å². The number of hydrogen-bond acceptors (Lipinski definition) is 4. The van der Waals surface area contributed by atoms with Gasteiger partial charge in [0, 0.05) is 0 Å². The smallest absolute Gasteiger partial charge is 0.412 e. The number of carbonyl (C=O) groups is 2. The van der Waals surface area contributed by atoms with Crippen molar-refractivity contribution in [3.63, 3.8) is 0 Å². The third-order valence-electron chi connectivity index (χ3n) is 3.73. The minimum atomic E-state index is -0.895. The lowest BCUT2D eigenvalue weighted by Gasteiger charge is -2.35. The Morgan fingerprint density at radius 1 is 1.30 bits per heavy atom. The zero-order chi connectivity index (χ0) is 17.3. The van der Waals surface area contributed by atoms with Crippen molar-refractivity contribution in [2.45, 2.75) is 64.5 Å². The predicted octanol–water partition coefficient (Wildman–Crippen LogP) is 3.17. The molecule has 0 radical (unpaired) electrons. The molecule has 1 aromatic carbocycles. The average Bonchev–Trinajstić information content (AvgIpc) is 2.68. The molecule has 0 bridgehead atoms. The summed E-state index contributed by atoms with van der Waals surface area (Å²) in [6.07, 6.45) is 0.164. The Labute approximate surface area is 137 Å². The molecule has 5 nitrogen and oxygen atoms in total. The van der Waals surface area contributed by atoms with E-state index in [1.54, 1.807) is 18.7 Å². The first-order valence-electron chi connectivity index (χ1n) is 7.83. The summed E-state index contributed by atoms with van der Waals surface area (Å²) in [5, 5.41) is 0. The van der Waals surface area contributed by atoms with Crippen molar-refractivity contribution in [1.29, 1.82) is 0 Å². The molecular weight excluding hydrogens is 294 g/mol. The Balaban J connectivity index is 2.29. The van der Waals surface area contributed by atoms with E-state index < -0.39 is 23.5 Å². The summed E-state index contributed by atoms with van der Waals surface area (Å²) in [7, 11) is 0. The number of benzene rings is 1. The molecule has 5 heteroatoms. The van der Waals surface area contributed by atoms with E-state index in [2.05, 4.69) is 0 Å². The molecule has 1 saturated heterocycles. The summed E-state index contributed by atoms with van der Waals surface area (Å²) in [4.78, 5) is 25.6. The lowest BCUT2D eigenvalue weighted by molar-refractivity contribution is -0.124. The summed E-state index contributed by atoms with van der Waals surface area (Å²) in [5.74, 6) is 0. The maximum atomic E-state index is 12.6.